The van der Waals surface area contributed by atoms with E-state index in [1.54, 1.807) is 0 Å². The lowest BCUT2D eigenvalue weighted by atomic mass is 10.3. The normalized spacial score (nSPS) is 16.9. The molecule has 1 aromatic rings. The second-order valence-corrected chi connectivity index (χ2v) is 5.30. The number of piperazine rings is 1. The number of methoxy groups -OCH3 is 1. The van der Waals surface area contributed by atoms with Gasteiger partial charge in [-0.2, -0.15) is 0 Å². The fraction of sp³-hybridized carbons (Fsp3) is 0.667. The van der Waals surface area contributed by atoms with Crippen LogP contribution in [0, 0.1) is 6.92 Å². The maximum absolute atomic E-state index is 11.6. The molecule has 0 saturated carbocycles. The van der Waals surface area contributed by atoms with Gasteiger partial charge in [-0.25, -0.2) is 9.78 Å². The number of aryl methyl sites for hydroxylation is 1. The van der Waals surface area contributed by atoms with Crippen LogP contribution in [0.15, 0.2) is 0 Å². The Morgan fingerprint density at radius 2 is 2.06 bits per heavy atom. The fourth-order valence-electron chi connectivity index (χ4n) is 2.05. The van der Waals surface area contributed by atoms with Crippen molar-refractivity contribution in [2.75, 3.05) is 44.7 Å². The molecule has 0 aromatic carbocycles. The summed E-state index contributed by atoms with van der Waals surface area (Å²) in [6.45, 7) is 9.19. The van der Waals surface area contributed by atoms with Crippen molar-refractivity contribution in [1.82, 2.24) is 9.88 Å². The number of esters is 1. The van der Waals surface area contributed by atoms with Crippen LogP contribution in [0.2, 0.25) is 0 Å². The number of anilines is 1. The first-order valence-corrected chi connectivity index (χ1v) is 7.00. The van der Waals surface area contributed by atoms with E-state index in [9.17, 15) is 4.79 Å². The van der Waals surface area contributed by atoms with Gasteiger partial charge in [-0.3, -0.25) is 0 Å². The molecule has 6 heteroatoms. The van der Waals surface area contributed by atoms with Crippen LogP contribution in [0.1, 0.15) is 22.3 Å². The van der Waals surface area contributed by atoms with Crippen LogP contribution < -0.4 is 4.90 Å². The van der Waals surface area contributed by atoms with Crippen LogP contribution >= 0.6 is 11.3 Å². The molecular weight excluding hydrogens is 250 g/mol. The van der Waals surface area contributed by atoms with E-state index in [-0.39, 0.29) is 5.97 Å². The van der Waals surface area contributed by atoms with E-state index < -0.39 is 0 Å². The molecule has 1 aliphatic heterocycles. The van der Waals surface area contributed by atoms with Crippen LogP contribution in [0.3, 0.4) is 0 Å². The minimum atomic E-state index is -0.288. The molecule has 1 saturated heterocycles. The molecule has 5 nitrogen and oxygen atoms in total. The highest BCUT2D eigenvalue weighted by molar-refractivity contribution is 7.17. The number of ether oxygens (including phenoxy) is 1. The first-order chi connectivity index (χ1) is 8.65. The average molecular weight is 269 g/mol. The summed E-state index contributed by atoms with van der Waals surface area (Å²) in [5.74, 6) is -0.288. The molecule has 1 aromatic heterocycles. The standard InChI is InChI=1S/C12H19N3O2S/c1-4-14-5-7-15(8-6-14)12-13-9(2)10(18-12)11(16)17-3/h4-8H2,1-3H3. The third-order valence-corrected chi connectivity index (χ3v) is 4.44. The number of nitrogens with zero attached hydrogens (tertiary/aromatic N) is 3. The van der Waals surface area contributed by atoms with Gasteiger partial charge in [0.1, 0.15) is 4.88 Å². The minimum Gasteiger partial charge on any atom is -0.465 e. The van der Waals surface area contributed by atoms with E-state index in [1.807, 2.05) is 6.92 Å². The molecular formula is C12H19N3O2S. The highest BCUT2D eigenvalue weighted by atomic mass is 32.1. The van der Waals surface area contributed by atoms with Crippen LogP contribution in [0.25, 0.3) is 0 Å². The Morgan fingerprint density at radius 1 is 1.39 bits per heavy atom. The highest BCUT2D eigenvalue weighted by Crippen LogP contribution is 2.27. The number of carbonyl (C=O) groups is 1. The highest BCUT2D eigenvalue weighted by Gasteiger charge is 2.22. The van der Waals surface area contributed by atoms with Gasteiger partial charge >= 0.3 is 5.97 Å². The van der Waals surface area contributed by atoms with Crippen molar-refractivity contribution >= 4 is 22.4 Å². The molecule has 2 heterocycles. The molecule has 0 amide bonds. The summed E-state index contributed by atoms with van der Waals surface area (Å²) in [6, 6.07) is 0. The Bertz CT molecular complexity index is 425. The molecule has 100 valence electrons. The number of thiazole rings is 1. The largest absolute Gasteiger partial charge is 0.465 e. The summed E-state index contributed by atoms with van der Waals surface area (Å²) in [4.78, 5) is 21.3. The van der Waals surface area contributed by atoms with E-state index in [2.05, 4.69) is 21.7 Å². The van der Waals surface area contributed by atoms with Gasteiger partial charge in [0, 0.05) is 26.2 Å². The maximum Gasteiger partial charge on any atom is 0.350 e. The first kappa shape index (κ1) is 13.3. The summed E-state index contributed by atoms with van der Waals surface area (Å²) in [7, 11) is 1.40. The maximum atomic E-state index is 11.6. The Kier molecular flexibility index (Phi) is 4.19. The zero-order chi connectivity index (χ0) is 13.1. The van der Waals surface area contributed by atoms with Crippen LogP contribution in [0.4, 0.5) is 5.13 Å². The molecule has 2 rings (SSSR count). The van der Waals surface area contributed by atoms with Crippen LogP contribution in [0.5, 0.6) is 0 Å². The Hall–Kier alpha value is -1.14. The van der Waals surface area contributed by atoms with Gasteiger partial charge < -0.3 is 14.5 Å². The number of hydrogen-bond acceptors (Lipinski definition) is 6. The van der Waals surface area contributed by atoms with Crippen molar-refractivity contribution in [2.45, 2.75) is 13.8 Å². The average Bonchev–Trinajstić information content (AvgIpc) is 2.80. The molecule has 0 radical (unpaired) electrons. The zero-order valence-corrected chi connectivity index (χ0v) is 11.9. The van der Waals surface area contributed by atoms with Crippen molar-refractivity contribution in [2.24, 2.45) is 0 Å². The number of hydrogen-bond donors (Lipinski definition) is 0. The number of aromatic nitrogens is 1. The number of rotatable bonds is 3. The Morgan fingerprint density at radius 3 is 2.61 bits per heavy atom. The van der Waals surface area contributed by atoms with Crippen molar-refractivity contribution in [3.63, 3.8) is 0 Å². The van der Waals surface area contributed by atoms with E-state index in [0.29, 0.717) is 4.88 Å². The molecule has 0 atom stereocenters. The third kappa shape index (κ3) is 2.64. The quantitative estimate of drug-likeness (QED) is 0.776. The van der Waals surface area contributed by atoms with Gasteiger partial charge in [-0.05, 0) is 13.5 Å². The van der Waals surface area contributed by atoms with Gasteiger partial charge in [0.25, 0.3) is 0 Å². The summed E-state index contributed by atoms with van der Waals surface area (Å²) >= 11 is 1.43. The van der Waals surface area contributed by atoms with E-state index in [0.717, 1.165) is 43.5 Å². The smallest absolute Gasteiger partial charge is 0.350 e. The van der Waals surface area contributed by atoms with Gasteiger partial charge in [0.2, 0.25) is 0 Å². The van der Waals surface area contributed by atoms with Gasteiger partial charge in [-0.1, -0.05) is 18.3 Å². The van der Waals surface area contributed by atoms with Crippen LogP contribution in [-0.4, -0.2) is 55.7 Å². The monoisotopic (exact) mass is 269 g/mol. The van der Waals surface area contributed by atoms with Crippen molar-refractivity contribution in [3.8, 4) is 0 Å². The predicted octanol–water partition coefficient (Wildman–Crippen LogP) is 1.38. The Balaban J connectivity index is 2.08. The molecule has 0 aliphatic carbocycles. The lowest BCUT2D eigenvalue weighted by Crippen LogP contribution is -2.46. The summed E-state index contributed by atoms with van der Waals surface area (Å²) < 4.78 is 4.76. The van der Waals surface area contributed by atoms with E-state index in [1.165, 1.54) is 18.4 Å². The number of likely N-dealkylation sites (N-methyl/N-ethyl adjacent to an activating group) is 1. The molecule has 1 fully saturated rings. The molecule has 1 aliphatic rings. The number of carbonyl (C=O) groups excluding carboxylic acids is 1. The van der Waals surface area contributed by atoms with Crippen molar-refractivity contribution in [3.05, 3.63) is 10.6 Å². The second kappa shape index (κ2) is 5.67. The molecule has 0 unspecified atom stereocenters. The molecule has 18 heavy (non-hydrogen) atoms. The van der Waals surface area contributed by atoms with Gasteiger partial charge in [0.05, 0.1) is 12.8 Å². The summed E-state index contributed by atoms with van der Waals surface area (Å²) in [6.07, 6.45) is 0. The van der Waals surface area contributed by atoms with Gasteiger partial charge in [0.15, 0.2) is 5.13 Å². The minimum absolute atomic E-state index is 0.288. The Labute approximate surface area is 111 Å². The third-order valence-electron chi connectivity index (χ3n) is 3.25. The SMILES string of the molecule is CCN1CCN(c2nc(C)c(C(=O)OC)s2)CC1. The molecule has 0 bridgehead atoms. The lowest BCUT2D eigenvalue weighted by molar-refractivity contribution is 0.0605. The summed E-state index contributed by atoms with van der Waals surface area (Å²) in [5.41, 5.74) is 0.764. The summed E-state index contributed by atoms with van der Waals surface area (Å²) in [5, 5.41) is 0.934. The topological polar surface area (TPSA) is 45.7 Å². The van der Waals surface area contributed by atoms with Gasteiger partial charge in [-0.15, -0.1) is 0 Å². The van der Waals surface area contributed by atoms with Crippen LogP contribution in [-0.2, 0) is 4.74 Å². The molecule has 0 N–H and O–H groups in total. The lowest BCUT2D eigenvalue weighted by Gasteiger charge is -2.33. The fourth-order valence-corrected chi connectivity index (χ4v) is 3.09. The predicted molar refractivity (Wildman–Crippen MR) is 72.5 cm³/mol. The second-order valence-electron chi connectivity index (χ2n) is 4.32. The van der Waals surface area contributed by atoms with Crippen molar-refractivity contribution in [1.29, 1.82) is 0 Å². The van der Waals surface area contributed by atoms with E-state index >= 15 is 0 Å². The van der Waals surface area contributed by atoms with Crippen molar-refractivity contribution < 1.29 is 9.53 Å². The first-order valence-electron chi connectivity index (χ1n) is 6.18. The zero-order valence-electron chi connectivity index (χ0n) is 11.1. The van der Waals surface area contributed by atoms with E-state index in [4.69, 9.17) is 4.74 Å². The molecule has 0 spiro atoms.